The van der Waals surface area contributed by atoms with E-state index in [-0.39, 0.29) is 25.0 Å². The summed E-state index contributed by atoms with van der Waals surface area (Å²) in [5.41, 5.74) is 1.85. The number of amides is 2. The van der Waals surface area contributed by atoms with Gasteiger partial charge in [0, 0.05) is 29.0 Å². The van der Waals surface area contributed by atoms with Crippen LogP contribution in [-0.2, 0) is 22.6 Å². The number of carbonyl (C=O) groups excluding carboxylic acids is 2. The molecule has 1 atom stereocenters. The third kappa shape index (κ3) is 7.89. The normalized spacial score (nSPS) is 11.5. The van der Waals surface area contributed by atoms with Crippen LogP contribution in [0, 0.1) is 0 Å². The summed E-state index contributed by atoms with van der Waals surface area (Å²) in [6.45, 7) is 2.62. The number of hydrogen-bond acceptors (Lipinski definition) is 3. The lowest BCUT2D eigenvalue weighted by molar-refractivity contribution is -0.142. The molecule has 0 aliphatic heterocycles. The molecule has 0 radical (unpaired) electrons. The minimum absolute atomic E-state index is 0.179. The predicted octanol–water partition coefficient (Wildman–Crippen LogP) is 5.65. The Hall–Kier alpha value is -2.83. The van der Waals surface area contributed by atoms with E-state index >= 15 is 0 Å². The second kappa shape index (κ2) is 13.2. The molecule has 2 amide bonds. The SMILES string of the molecule is CCCNC(=O)[C@H](Cc1ccccc1)N(Cc1ccc(Cl)cc1)C(=O)COc1ccc(Br)cc1. The lowest BCUT2D eigenvalue weighted by Gasteiger charge is -2.31. The van der Waals surface area contributed by atoms with E-state index in [0.717, 1.165) is 22.0 Å². The van der Waals surface area contributed by atoms with Crippen LogP contribution >= 0.6 is 27.5 Å². The summed E-state index contributed by atoms with van der Waals surface area (Å²) in [6, 6.07) is 23.6. The Bertz CT molecular complexity index is 1060. The number of hydrogen-bond donors (Lipinski definition) is 1. The molecule has 0 fully saturated rings. The molecule has 0 unspecified atom stereocenters. The minimum Gasteiger partial charge on any atom is -0.484 e. The Balaban J connectivity index is 1.87. The van der Waals surface area contributed by atoms with Crippen LogP contribution in [-0.4, -0.2) is 35.9 Å². The topological polar surface area (TPSA) is 58.6 Å². The average Bonchev–Trinajstić information content (AvgIpc) is 2.86. The summed E-state index contributed by atoms with van der Waals surface area (Å²) < 4.78 is 6.68. The molecule has 5 nitrogen and oxygen atoms in total. The number of carbonyl (C=O) groups is 2. The van der Waals surface area contributed by atoms with Gasteiger partial charge in [-0.25, -0.2) is 0 Å². The van der Waals surface area contributed by atoms with Crippen LogP contribution in [0.25, 0.3) is 0 Å². The van der Waals surface area contributed by atoms with E-state index in [1.807, 2.05) is 61.5 Å². The lowest BCUT2D eigenvalue weighted by Crippen LogP contribution is -2.51. The van der Waals surface area contributed by atoms with Crippen molar-refractivity contribution in [3.63, 3.8) is 0 Å². The summed E-state index contributed by atoms with van der Waals surface area (Å²) in [4.78, 5) is 28.3. The highest BCUT2D eigenvalue weighted by atomic mass is 79.9. The molecule has 34 heavy (non-hydrogen) atoms. The molecule has 0 aliphatic carbocycles. The van der Waals surface area contributed by atoms with Gasteiger partial charge in [0.1, 0.15) is 11.8 Å². The number of nitrogens with zero attached hydrogens (tertiary/aromatic N) is 1. The number of nitrogens with one attached hydrogen (secondary N) is 1. The van der Waals surface area contributed by atoms with Gasteiger partial charge in [-0.3, -0.25) is 9.59 Å². The van der Waals surface area contributed by atoms with E-state index in [4.69, 9.17) is 16.3 Å². The Kier molecular flexibility index (Phi) is 9.98. The number of halogens is 2. The number of rotatable bonds is 11. The van der Waals surface area contributed by atoms with Crippen molar-refractivity contribution >= 4 is 39.3 Å². The zero-order chi connectivity index (χ0) is 24.3. The highest BCUT2D eigenvalue weighted by Crippen LogP contribution is 2.19. The Morgan fingerprint density at radius 2 is 1.65 bits per heavy atom. The zero-order valence-corrected chi connectivity index (χ0v) is 21.4. The van der Waals surface area contributed by atoms with Crippen LogP contribution < -0.4 is 10.1 Å². The first-order chi connectivity index (χ1) is 16.5. The van der Waals surface area contributed by atoms with Crippen molar-refractivity contribution in [2.75, 3.05) is 13.2 Å². The molecule has 0 saturated carbocycles. The Labute approximate surface area is 214 Å². The van der Waals surface area contributed by atoms with E-state index in [1.54, 1.807) is 29.2 Å². The fraction of sp³-hybridized carbons (Fsp3) is 0.259. The summed E-state index contributed by atoms with van der Waals surface area (Å²) in [5, 5.41) is 3.58. The van der Waals surface area contributed by atoms with Crippen LogP contribution in [0.1, 0.15) is 24.5 Å². The van der Waals surface area contributed by atoms with Crippen molar-refractivity contribution in [2.45, 2.75) is 32.4 Å². The van der Waals surface area contributed by atoms with Gasteiger partial charge in [0.25, 0.3) is 5.91 Å². The molecule has 7 heteroatoms. The molecule has 0 heterocycles. The maximum atomic E-state index is 13.5. The maximum absolute atomic E-state index is 13.5. The van der Waals surface area contributed by atoms with E-state index in [9.17, 15) is 9.59 Å². The van der Waals surface area contributed by atoms with Crippen LogP contribution in [0.2, 0.25) is 5.02 Å². The van der Waals surface area contributed by atoms with Gasteiger partial charge in [0.2, 0.25) is 5.91 Å². The second-order valence-corrected chi connectivity index (χ2v) is 9.24. The van der Waals surface area contributed by atoms with Gasteiger partial charge in [0.15, 0.2) is 6.61 Å². The summed E-state index contributed by atoms with van der Waals surface area (Å²) in [6.07, 6.45) is 1.20. The molecule has 3 rings (SSSR count). The van der Waals surface area contributed by atoms with Crippen molar-refractivity contribution in [3.8, 4) is 5.75 Å². The smallest absolute Gasteiger partial charge is 0.261 e. The highest BCUT2D eigenvalue weighted by Gasteiger charge is 2.30. The van der Waals surface area contributed by atoms with Gasteiger partial charge >= 0.3 is 0 Å². The summed E-state index contributed by atoms with van der Waals surface area (Å²) in [5.74, 6) is 0.125. The highest BCUT2D eigenvalue weighted by molar-refractivity contribution is 9.10. The predicted molar refractivity (Wildman–Crippen MR) is 139 cm³/mol. The molecule has 178 valence electrons. The van der Waals surface area contributed by atoms with Gasteiger partial charge in [-0.15, -0.1) is 0 Å². The monoisotopic (exact) mass is 542 g/mol. The van der Waals surface area contributed by atoms with Crippen molar-refractivity contribution in [1.82, 2.24) is 10.2 Å². The molecule has 0 aliphatic rings. The fourth-order valence-electron chi connectivity index (χ4n) is 3.47. The van der Waals surface area contributed by atoms with Crippen LogP contribution in [0.15, 0.2) is 83.3 Å². The van der Waals surface area contributed by atoms with Gasteiger partial charge in [-0.1, -0.05) is 76.9 Å². The third-order valence-corrected chi connectivity index (χ3v) is 6.04. The second-order valence-electron chi connectivity index (χ2n) is 7.89. The average molecular weight is 544 g/mol. The van der Waals surface area contributed by atoms with Gasteiger partial charge in [0.05, 0.1) is 0 Å². The standard InChI is InChI=1S/C27H28BrClN2O3/c1-2-16-30-27(33)25(17-20-6-4-3-5-7-20)31(18-21-8-12-23(29)13-9-21)26(32)19-34-24-14-10-22(28)11-15-24/h3-15,25H,2,16-19H2,1H3,(H,30,33)/t25-/m0/s1. The maximum Gasteiger partial charge on any atom is 0.261 e. The number of benzene rings is 3. The van der Waals surface area contributed by atoms with E-state index < -0.39 is 6.04 Å². The third-order valence-electron chi connectivity index (χ3n) is 5.26. The van der Waals surface area contributed by atoms with Crippen molar-refractivity contribution in [2.24, 2.45) is 0 Å². The summed E-state index contributed by atoms with van der Waals surface area (Å²) >= 11 is 9.44. The molecule has 0 bridgehead atoms. The first-order valence-corrected chi connectivity index (χ1v) is 12.4. The van der Waals surface area contributed by atoms with Crippen molar-refractivity contribution in [1.29, 1.82) is 0 Å². The lowest BCUT2D eigenvalue weighted by atomic mass is 10.0. The largest absolute Gasteiger partial charge is 0.484 e. The van der Waals surface area contributed by atoms with Crippen LogP contribution in [0.5, 0.6) is 5.75 Å². The molecule has 1 N–H and O–H groups in total. The van der Waals surface area contributed by atoms with E-state index in [2.05, 4.69) is 21.2 Å². The summed E-state index contributed by atoms with van der Waals surface area (Å²) in [7, 11) is 0. The molecule has 0 saturated heterocycles. The molecular weight excluding hydrogens is 516 g/mol. The van der Waals surface area contributed by atoms with Crippen molar-refractivity contribution < 1.29 is 14.3 Å². The fourth-order valence-corrected chi connectivity index (χ4v) is 3.86. The number of ether oxygens (including phenoxy) is 1. The van der Waals surface area contributed by atoms with E-state index in [0.29, 0.717) is 23.7 Å². The van der Waals surface area contributed by atoms with Gasteiger partial charge in [-0.05, 0) is 53.9 Å². The Morgan fingerprint density at radius 3 is 2.29 bits per heavy atom. The minimum atomic E-state index is -0.689. The van der Waals surface area contributed by atoms with Crippen LogP contribution in [0.3, 0.4) is 0 Å². The Morgan fingerprint density at radius 1 is 0.971 bits per heavy atom. The molecular formula is C27H28BrClN2O3. The molecule has 3 aromatic rings. The first-order valence-electron chi connectivity index (χ1n) is 11.2. The first kappa shape index (κ1) is 25.8. The molecule has 3 aromatic carbocycles. The zero-order valence-electron chi connectivity index (χ0n) is 19.0. The van der Waals surface area contributed by atoms with Crippen molar-refractivity contribution in [3.05, 3.63) is 99.5 Å². The quantitative estimate of drug-likeness (QED) is 0.340. The van der Waals surface area contributed by atoms with Crippen LogP contribution in [0.4, 0.5) is 0 Å². The van der Waals surface area contributed by atoms with E-state index in [1.165, 1.54) is 0 Å². The molecule has 0 spiro atoms. The van der Waals surface area contributed by atoms with Gasteiger partial charge < -0.3 is 15.0 Å². The molecule has 0 aromatic heterocycles. The van der Waals surface area contributed by atoms with Gasteiger partial charge in [-0.2, -0.15) is 0 Å².